The molecule has 0 atom stereocenters. The Labute approximate surface area is 114 Å². The van der Waals surface area contributed by atoms with Crippen LogP contribution in [0.4, 0.5) is 17.1 Å². The van der Waals surface area contributed by atoms with Crippen LogP contribution < -0.4 is 11.1 Å². The van der Waals surface area contributed by atoms with Crippen LogP contribution in [-0.4, -0.2) is 0 Å². The number of nitrogens with one attached hydrogen (secondary N) is 1. The Morgan fingerprint density at radius 1 is 1.05 bits per heavy atom. The third-order valence-electron chi connectivity index (χ3n) is 2.91. The summed E-state index contributed by atoms with van der Waals surface area (Å²) in [5.74, 6) is 0. The first-order valence-corrected chi connectivity index (χ1v) is 6.68. The zero-order valence-electron chi connectivity index (χ0n) is 10.1. The lowest BCUT2D eigenvalue weighted by Crippen LogP contribution is -1.94. The van der Waals surface area contributed by atoms with Gasteiger partial charge in [0.15, 0.2) is 0 Å². The second kappa shape index (κ2) is 4.63. The van der Waals surface area contributed by atoms with Gasteiger partial charge >= 0.3 is 0 Å². The number of hydrogen-bond acceptors (Lipinski definition) is 4. The highest BCUT2D eigenvalue weighted by atomic mass is 32.1. The lowest BCUT2D eigenvalue weighted by Gasteiger charge is -2.08. The van der Waals surface area contributed by atoms with Gasteiger partial charge in [0.05, 0.1) is 11.3 Å². The lowest BCUT2D eigenvalue weighted by molar-refractivity contribution is 1.48. The summed E-state index contributed by atoms with van der Waals surface area (Å²) in [4.78, 5) is 0. The summed E-state index contributed by atoms with van der Waals surface area (Å²) in [6.45, 7) is 0. The predicted octanol–water partition coefficient (Wildman–Crippen LogP) is 4.10. The molecule has 0 aliphatic heterocycles. The summed E-state index contributed by atoms with van der Waals surface area (Å²) in [6.07, 6.45) is 0. The molecule has 0 saturated carbocycles. The minimum atomic E-state index is 0.490. The molecule has 0 aliphatic carbocycles. The average molecular weight is 265 g/mol. The van der Waals surface area contributed by atoms with Gasteiger partial charge < -0.3 is 11.1 Å². The van der Waals surface area contributed by atoms with E-state index in [1.807, 2.05) is 12.1 Å². The third-order valence-corrected chi connectivity index (χ3v) is 3.81. The van der Waals surface area contributed by atoms with E-state index in [2.05, 4.69) is 35.0 Å². The van der Waals surface area contributed by atoms with Crippen LogP contribution in [0.1, 0.15) is 5.56 Å². The van der Waals surface area contributed by atoms with Crippen LogP contribution in [0.3, 0.4) is 0 Å². The predicted molar refractivity (Wildman–Crippen MR) is 80.7 cm³/mol. The number of thiophene rings is 1. The molecule has 19 heavy (non-hydrogen) atoms. The van der Waals surface area contributed by atoms with Crippen LogP contribution in [-0.2, 0) is 0 Å². The van der Waals surface area contributed by atoms with Gasteiger partial charge in [-0.1, -0.05) is 0 Å². The first-order chi connectivity index (χ1) is 9.26. The molecule has 92 valence electrons. The fourth-order valence-electron chi connectivity index (χ4n) is 1.95. The highest BCUT2D eigenvalue weighted by Crippen LogP contribution is 2.27. The maximum Gasteiger partial charge on any atom is 0.101 e. The van der Waals surface area contributed by atoms with Crippen molar-refractivity contribution >= 4 is 38.5 Å². The molecule has 3 nitrogen and oxygen atoms in total. The SMILES string of the molecule is N#Cc1ccc(Nc2ccc3sccc3c2)cc1N. The largest absolute Gasteiger partial charge is 0.398 e. The molecule has 1 heterocycles. The first kappa shape index (κ1) is 11.6. The molecule has 4 heteroatoms. The molecule has 0 spiro atoms. The zero-order valence-corrected chi connectivity index (χ0v) is 10.9. The van der Waals surface area contributed by atoms with E-state index in [9.17, 15) is 0 Å². The van der Waals surface area contributed by atoms with E-state index in [-0.39, 0.29) is 0 Å². The molecule has 3 rings (SSSR count). The molecule has 0 radical (unpaired) electrons. The van der Waals surface area contributed by atoms with Crippen molar-refractivity contribution in [3.05, 3.63) is 53.4 Å². The minimum Gasteiger partial charge on any atom is -0.398 e. The second-order valence-electron chi connectivity index (χ2n) is 4.21. The highest BCUT2D eigenvalue weighted by molar-refractivity contribution is 7.17. The number of nitrogen functional groups attached to an aromatic ring is 1. The summed E-state index contributed by atoms with van der Waals surface area (Å²) < 4.78 is 1.27. The summed E-state index contributed by atoms with van der Waals surface area (Å²) in [7, 11) is 0. The molecule has 0 saturated heterocycles. The number of nitriles is 1. The van der Waals surface area contributed by atoms with E-state index < -0.39 is 0 Å². The Hall–Kier alpha value is -2.51. The van der Waals surface area contributed by atoms with Crippen molar-refractivity contribution in [3.63, 3.8) is 0 Å². The number of nitrogens with zero attached hydrogens (tertiary/aromatic N) is 1. The molecule has 0 bridgehead atoms. The Kier molecular flexibility index (Phi) is 2.82. The Morgan fingerprint density at radius 3 is 2.63 bits per heavy atom. The summed E-state index contributed by atoms with van der Waals surface area (Å²) >= 11 is 1.73. The van der Waals surface area contributed by atoms with Gasteiger partial charge in [-0.3, -0.25) is 0 Å². The number of fused-ring (bicyclic) bond motifs is 1. The molecule has 0 unspecified atom stereocenters. The fraction of sp³-hybridized carbons (Fsp3) is 0. The number of nitrogens with two attached hydrogens (primary N) is 1. The third kappa shape index (κ3) is 2.24. The van der Waals surface area contributed by atoms with E-state index >= 15 is 0 Å². The van der Waals surface area contributed by atoms with Gasteiger partial charge in [0, 0.05) is 16.1 Å². The zero-order chi connectivity index (χ0) is 13.2. The second-order valence-corrected chi connectivity index (χ2v) is 5.16. The van der Waals surface area contributed by atoms with Gasteiger partial charge in [-0.25, -0.2) is 0 Å². The standard InChI is InChI=1S/C15H11N3S/c16-9-11-1-2-13(8-14(11)17)18-12-3-4-15-10(7-12)5-6-19-15/h1-8,18H,17H2. The van der Waals surface area contributed by atoms with Crippen LogP contribution in [0.2, 0.25) is 0 Å². The van der Waals surface area contributed by atoms with Gasteiger partial charge in [-0.05, 0) is 53.2 Å². The maximum absolute atomic E-state index is 8.84. The summed E-state index contributed by atoms with van der Waals surface area (Å²) in [5.41, 5.74) is 8.68. The van der Waals surface area contributed by atoms with Gasteiger partial charge in [0.1, 0.15) is 6.07 Å². The Morgan fingerprint density at radius 2 is 1.84 bits per heavy atom. The molecule has 0 amide bonds. The number of anilines is 3. The van der Waals surface area contributed by atoms with E-state index in [4.69, 9.17) is 11.0 Å². The van der Waals surface area contributed by atoms with Crippen molar-refractivity contribution < 1.29 is 0 Å². The average Bonchev–Trinajstić information content (AvgIpc) is 2.86. The Balaban J connectivity index is 1.92. The van der Waals surface area contributed by atoms with Crippen molar-refractivity contribution in [1.29, 1.82) is 5.26 Å². The molecule has 0 fully saturated rings. The number of benzene rings is 2. The molecule has 0 aliphatic rings. The van der Waals surface area contributed by atoms with Gasteiger partial charge in [0.2, 0.25) is 0 Å². The van der Waals surface area contributed by atoms with Crippen molar-refractivity contribution in [3.8, 4) is 6.07 Å². The topological polar surface area (TPSA) is 61.8 Å². The van der Waals surface area contributed by atoms with E-state index in [0.717, 1.165) is 11.4 Å². The van der Waals surface area contributed by atoms with E-state index in [1.165, 1.54) is 10.1 Å². The lowest BCUT2D eigenvalue weighted by atomic mass is 10.1. The summed E-state index contributed by atoms with van der Waals surface area (Å²) in [5, 5.41) is 15.4. The van der Waals surface area contributed by atoms with E-state index in [1.54, 1.807) is 23.5 Å². The monoisotopic (exact) mass is 265 g/mol. The number of hydrogen-bond donors (Lipinski definition) is 2. The van der Waals surface area contributed by atoms with Crippen LogP contribution >= 0.6 is 11.3 Å². The van der Waals surface area contributed by atoms with E-state index in [0.29, 0.717) is 11.3 Å². The highest BCUT2D eigenvalue weighted by Gasteiger charge is 2.01. The van der Waals surface area contributed by atoms with Crippen LogP contribution in [0.5, 0.6) is 0 Å². The van der Waals surface area contributed by atoms with Gasteiger partial charge in [-0.15, -0.1) is 11.3 Å². The quantitative estimate of drug-likeness (QED) is 0.686. The van der Waals surface area contributed by atoms with Crippen molar-refractivity contribution in [2.45, 2.75) is 0 Å². The molecule has 3 N–H and O–H groups in total. The number of rotatable bonds is 2. The Bertz CT molecular complexity index is 783. The molecule has 1 aromatic heterocycles. The smallest absolute Gasteiger partial charge is 0.101 e. The van der Waals surface area contributed by atoms with Crippen LogP contribution in [0.25, 0.3) is 10.1 Å². The van der Waals surface area contributed by atoms with Gasteiger partial charge in [0.25, 0.3) is 0 Å². The normalized spacial score (nSPS) is 10.3. The molecular weight excluding hydrogens is 254 g/mol. The maximum atomic E-state index is 8.84. The van der Waals surface area contributed by atoms with Crippen molar-refractivity contribution in [1.82, 2.24) is 0 Å². The fourth-order valence-corrected chi connectivity index (χ4v) is 2.72. The first-order valence-electron chi connectivity index (χ1n) is 5.80. The molecular formula is C15H11N3S. The van der Waals surface area contributed by atoms with Crippen LogP contribution in [0, 0.1) is 11.3 Å². The van der Waals surface area contributed by atoms with Crippen LogP contribution in [0.15, 0.2) is 47.8 Å². The van der Waals surface area contributed by atoms with Crippen molar-refractivity contribution in [2.75, 3.05) is 11.1 Å². The van der Waals surface area contributed by atoms with Gasteiger partial charge in [-0.2, -0.15) is 5.26 Å². The molecule has 3 aromatic rings. The minimum absolute atomic E-state index is 0.490. The molecule has 2 aromatic carbocycles. The van der Waals surface area contributed by atoms with Crippen molar-refractivity contribution in [2.24, 2.45) is 0 Å². The summed E-state index contributed by atoms with van der Waals surface area (Å²) in [6, 6.07) is 15.7.